The normalized spacial score (nSPS) is 25.4. The molecule has 0 aromatic carbocycles. The predicted molar refractivity (Wildman–Crippen MR) is 39.7 cm³/mol. The van der Waals surface area contributed by atoms with Gasteiger partial charge in [-0.25, -0.2) is 0 Å². The molecule has 0 unspecified atom stereocenters. The van der Waals surface area contributed by atoms with E-state index in [0.717, 1.165) is 19.3 Å². The maximum atomic E-state index is 11.2. The van der Waals surface area contributed by atoms with Crippen molar-refractivity contribution in [1.82, 2.24) is 0 Å². The second-order valence-electron chi connectivity index (χ2n) is 3.21. The minimum atomic E-state index is 0.440. The highest BCUT2D eigenvalue weighted by atomic mass is 16.1. The molecule has 0 aromatic rings. The maximum absolute atomic E-state index is 11.2. The Kier molecular flexibility index (Phi) is 1.37. The summed E-state index contributed by atoms with van der Waals surface area (Å²) in [6.07, 6.45) is 6.73. The van der Waals surface area contributed by atoms with Gasteiger partial charge in [0.05, 0.1) is 0 Å². The fraction of sp³-hybridized carbons (Fsp3) is 0.667. The molecule has 0 bridgehead atoms. The number of carbonyl (C=O) groups is 1. The monoisotopic (exact) mass is 136 g/mol. The van der Waals surface area contributed by atoms with Crippen molar-refractivity contribution in [3.63, 3.8) is 0 Å². The summed E-state index contributed by atoms with van der Waals surface area (Å²) in [7, 11) is 0. The number of hydrogen-bond acceptors (Lipinski definition) is 1. The Balaban J connectivity index is 2.29. The van der Waals surface area contributed by atoms with Gasteiger partial charge in [0.25, 0.3) is 0 Å². The lowest BCUT2D eigenvalue weighted by molar-refractivity contribution is -0.115. The van der Waals surface area contributed by atoms with Gasteiger partial charge >= 0.3 is 0 Å². The molecule has 0 N–H and O–H groups in total. The molecule has 0 fully saturated rings. The molecule has 2 aliphatic carbocycles. The molecule has 2 aliphatic rings. The number of ketones is 1. The molecule has 0 saturated carbocycles. The third-order valence-electron chi connectivity index (χ3n) is 2.57. The summed E-state index contributed by atoms with van der Waals surface area (Å²) in [4.78, 5) is 11.2. The van der Waals surface area contributed by atoms with Crippen LogP contribution in [0.25, 0.3) is 0 Å². The number of Topliss-reactive ketones (excluding diaryl/α,β-unsaturated/α-hetero) is 1. The zero-order chi connectivity index (χ0) is 6.97. The van der Waals surface area contributed by atoms with E-state index in [1.54, 1.807) is 0 Å². The van der Waals surface area contributed by atoms with E-state index in [1.807, 2.05) is 0 Å². The van der Waals surface area contributed by atoms with Gasteiger partial charge in [0.15, 0.2) is 5.78 Å². The second-order valence-corrected chi connectivity index (χ2v) is 3.21. The highest BCUT2D eigenvalue weighted by molar-refractivity contribution is 5.98. The summed E-state index contributed by atoms with van der Waals surface area (Å²) in [5.74, 6) is 0.440. The Labute approximate surface area is 61.1 Å². The van der Waals surface area contributed by atoms with E-state index >= 15 is 0 Å². The molecule has 0 atom stereocenters. The van der Waals surface area contributed by atoms with E-state index in [0.29, 0.717) is 5.78 Å². The molecule has 0 amide bonds. The van der Waals surface area contributed by atoms with Crippen LogP contribution in [0.15, 0.2) is 11.1 Å². The van der Waals surface area contributed by atoms with Gasteiger partial charge in [0, 0.05) is 6.42 Å². The standard InChI is InChI=1S/C9H12O/c10-9-6-5-7-3-1-2-4-8(7)9/h1-6H2. The van der Waals surface area contributed by atoms with Crippen LogP contribution in [0, 0.1) is 0 Å². The van der Waals surface area contributed by atoms with Crippen molar-refractivity contribution in [2.24, 2.45) is 0 Å². The first-order valence-electron chi connectivity index (χ1n) is 4.12. The van der Waals surface area contributed by atoms with Crippen molar-refractivity contribution >= 4 is 5.78 Å². The molecular weight excluding hydrogens is 124 g/mol. The fourth-order valence-electron chi connectivity index (χ4n) is 2.00. The summed E-state index contributed by atoms with van der Waals surface area (Å²) < 4.78 is 0. The molecule has 0 saturated heterocycles. The van der Waals surface area contributed by atoms with Crippen molar-refractivity contribution < 1.29 is 4.79 Å². The van der Waals surface area contributed by atoms with E-state index in [2.05, 4.69) is 0 Å². The van der Waals surface area contributed by atoms with Crippen LogP contribution in [-0.2, 0) is 4.79 Å². The Bertz CT molecular complexity index is 201. The van der Waals surface area contributed by atoms with E-state index in [1.165, 1.54) is 30.4 Å². The molecule has 1 heteroatoms. The van der Waals surface area contributed by atoms with Crippen molar-refractivity contribution in [1.29, 1.82) is 0 Å². The summed E-state index contributed by atoms with van der Waals surface area (Å²) >= 11 is 0. The van der Waals surface area contributed by atoms with E-state index in [-0.39, 0.29) is 0 Å². The van der Waals surface area contributed by atoms with Crippen LogP contribution in [0.4, 0.5) is 0 Å². The van der Waals surface area contributed by atoms with Crippen LogP contribution in [0.2, 0.25) is 0 Å². The molecule has 0 heterocycles. The molecular formula is C9H12O. The molecule has 0 spiro atoms. The highest BCUT2D eigenvalue weighted by Crippen LogP contribution is 2.34. The lowest BCUT2D eigenvalue weighted by Crippen LogP contribution is -2.00. The fourth-order valence-corrected chi connectivity index (χ4v) is 2.00. The Morgan fingerprint density at radius 1 is 0.900 bits per heavy atom. The lowest BCUT2D eigenvalue weighted by Gasteiger charge is -2.11. The summed E-state index contributed by atoms with van der Waals surface area (Å²) in [5.41, 5.74) is 2.68. The Hall–Kier alpha value is -0.590. The largest absolute Gasteiger partial charge is 0.295 e. The molecule has 54 valence electrons. The summed E-state index contributed by atoms with van der Waals surface area (Å²) in [6.45, 7) is 0. The van der Waals surface area contributed by atoms with Gasteiger partial charge in [-0.2, -0.15) is 0 Å². The summed E-state index contributed by atoms with van der Waals surface area (Å²) in [6, 6.07) is 0. The smallest absolute Gasteiger partial charge is 0.159 e. The van der Waals surface area contributed by atoms with Gasteiger partial charge in [-0.1, -0.05) is 5.57 Å². The molecule has 0 aromatic heterocycles. The van der Waals surface area contributed by atoms with Crippen LogP contribution < -0.4 is 0 Å². The first-order valence-corrected chi connectivity index (χ1v) is 4.12. The van der Waals surface area contributed by atoms with Crippen LogP contribution in [0.3, 0.4) is 0 Å². The van der Waals surface area contributed by atoms with Gasteiger partial charge in [0.2, 0.25) is 0 Å². The quantitative estimate of drug-likeness (QED) is 0.499. The lowest BCUT2D eigenvalue weighted by atomic mass is 9.94. The Morgan fingerprint density at radius 3 is 2.50 bits per heavy atom. The Morgan fingerprint density at radius 2 is 1.70 bits per heavy atom. The minimum Gasteiger partial charge on any atom is -0.295 e. The van der Waals surface area contributed by atoms with Gasteiger partial charge in [-0.15, -0.1) is 0 Å². The third kappa shape index (κ3) is 0.808. The highest BCUT2D eigenvalue weighted by Gasteiger charge is 2.24. The topological polar surface area (TPSA) is 17.1 Å². The van der Waals surface area contributed by atoms with Crippen LogP contribution in [0.5, 0.6) is 0 Å². The number of rotatable bonds is 0. The second kappa shape index (κ2) is 2.22. The number of hydrogen-bond donors (Lipinski definition) is 0. The van der Waals surface area contributed by atoms with Gasteiger partial charge < -0.3 is 0 Å². The molecule has 2 rings (SSSR count). The number of allylic oxidation sites excluding steroid dienone is 2. The van der Waals surface area contributed by atoms with Crippen molar-refractivity contribution in [3.05, 3.63) is 11.1 Å². The van der Waals surface area contributed by atoms with E-state index < -0.39 is 0 Å². The third-order valence-corrected chi connectivity index (χ3v) is 2.57. The van der Waals surface area contributed by atoms with Gasteiger partial charge in [0.1, 0.15) is 0 Å². The SMILES string of the molecule is O=C1CCC2=C1CCCC2. The zero-order valence-electron chi connectivity index (χ0n) is 6.15. The van der Waals surface area contributed by atoms with Crippen LogP contribution >= 0.6 is 0 Å². The first-order chi connectivity index (χ1) is 4.88. The number of carbonyl (C=O) groups excluding carboxylic acids is 1. The predicted octanol–water partition coefficient (Wildman–Crippen LogP) is 2.22. The van der Waals surface area contributed by atoms with Crippen LogP contribution in [-0.4, -0.2) is 5.78 Å². The average molecular weight is 136 g/mol. The molecule has 1 nitrogen and oxygen atoms in total. The van der Waals surface area contributed by atoms with Crippen molar-refractivity contribution in [2.75, 3.05) is 0 Å². The van der Waals surface area contributed by atoms with Crippen molar-refractivity contribution in [3.8, 4) is 0 Å². The molecule has 0 radical (unpaired) electrons. The molecule has 10 heavy (non-hydrogen) atoms. The van der Waals surface area contributed by atoms with E-state index in [9.17, 15) is 4.79 Å². The van der Waals surface area contributed by atoms with Gasteiger partial charge in [-0.3, -0.25) is 4.79 Å². The van der Waals surface area contributed by atoms with Gasteiger partial charge in [-0.05, 0) is 37.7 Å². The zero-order valence-corrected chi connectivity index (χ0v) is 6.15. The minimum absolute atomic E-state index is 0.440. The summed E-state index contributed by atoms with van der Waals surface area (Å²) in [5, 5.41) is 0. The average Bonchev–Trinajstić information content (AvgIpc) is 2.34. The van der Waals surface area contributed by atoms with Crippen molar-refractivity contribution in [2.45, 2.75) is 38.5 Å². The first kappa shape index (κ1) is 6.14. The molecule has 0 aliphatic heterocycles. The maximum Gasteiger partial charge on any atom is 0.159 e. The van der Waals surface area contributed by atoms with E-state index in [4.69, 9.17) is 0 Å². The van der Waals surface area contributed by atoms with Crippen LogP contribution in [0.1, 0.15) is 38.5 Å².